The number of benzene rings is 1. The summed E-state index contributed by atoms with van der Waals surface area (Å²) < 4.78 is 30.9. The lowest BCUT2D eigenvalue weighted by Gasteiger charge is -2.12. The van der Waals surface area contributed by atoms with Gasteiger partial charge in [-0.3, -0.25) is 0 Å². The first kappa shape index (κ1) is 12.4. The minimum Gasteiger partial charge on any atom is -0.487 e. The van der Waals surface area contributed by atoms with Gasteiger partial charge in [-0.1, -0.05) is 0 Å². The van der Waals surface area contributed by atoms with Gasteiger partial charge < -0.3 is 15.6 Å². The van der Waals surface area contributed by atoms with Crippen LogP contribution in [-0.4, -0.2) is 24.4 Å². The molecule has 0 aliphatic heterocycles. The maximum Gasteiger partial charge on any atom is 0.169 e. The van der Waals surface area contributed by atoms with Crippen molar-refractivity contribution < 1.29 is 18.6 Å². The minimum atomic E-state index is -0.874. The molecule has 1 rings (SSSR count). The molecule has 0 radical (unpaired) electrons. The maximum atomic E-state index is 13.2. The second-order valence-electron chi connectivity index (χ2n) is 2.90. The van der Waals surface area contributed by atoms with Crippen molar-refractivity contribution in [2.45, 2.75) is 6.10 Å². The van der Waals surface area contributed by atoms with Gasteiger partial charge in [0, 0.05) is 12.6 Å². The fraction of sp³-hybridized carbons (Fsp3) is 0.333. The Kier molecular flexibility index (Phi) is 4.44. The van der Waals surface area contributed by atoms with Crippen molar-refractivity contribution in [2.24, 2.45) is 5.73 Å². The molecule has 0 aliphatic rings. The number of halogens is 3. The Morgan fingerprint density at radius 1 is 1.47 bits per heavy atom. The minimum absolute atomic E-state index is 0.0143. The summed E-state index contributed by atoms with van der Waals surface area (Å²) in [4.78, 5) is 0. The molecule has 0 aliphatic carbocycles. The van der Waals surface area contributed by atoms with E-state index in [1.165, 1.54) is 0 Å². The lowest BCUT2D eigenvalue weighted by Crippen LogP contribution is -2.26. The molecule has 1 aromatic rings. The molecule has 0 aromatic heterocycles. The van der Waals surface area contributed by atoms with Crippen LogP contribution in [0.15, 0.2) is 16.6 Å². The number of aliphatic hydroxyl groups excluding tert-OH is 1. The largest absolute Gasteiger partial charge is 0.487 e. The average Bonchev–Trinajstić information content (AvgIpc) is 2.15. The van der Waals surface area contributed by atoms with E-state index < -0.39 is 17.7 Å². The first-order valence-electron chi connectivity index (χ1n) is 4.20. The van der Waals surface area contributed by atoms with Gasteiger partial charge in [0.2, 0.25) is 0 Å². The van der Waals surface area contributed by atoms with Crippen LogP contribution in [0.25, 0.3) is 0 Å². The van der Waals surface area contributed by atoms with Gasteiger partial charge in [-0.15, -0.1) is 0 Å². The second kappa shape index (κ2) is 5.39. The molecule has 15 heavy (non-hydrogen) atoms. The number of hydrogen-bond acceptors (Lipinski definition) is 3. The van der Waals surface area contributed by atoms with Gasteiger partial charge in [-0.25, -0.2) is 8.78 Å². The predicted molar refractivity (Wildman–Crippen MR) is 54.6 cm³/mol. The van der Waals surface area contributed by atoms with Crippen LogP contribution in [0.4, 0.5) is 8.78 Å². The third-order valence-corrected chi connectivity index (χ3v) is 2.24. The number of rotatable bonds is 4. The molecule has 0 saturated carbocycles. The lowest BCUT2D eigenvalue weighted by molar-refractivity contribution is 0.111. The number of hydrogen-bond donors (Lipinski definition) is 2. The second-order valence-corrected chi connectivity index (χ2v) is 3.75. The highest BCUT2D eigenvalue weighted by Gasteiger charge is 2.12. The van der Waals surface area contributed by atoms with Gasteiger partial charge in [0.15, 0.2) is 11.6 Å². The van der Waals surface area contributed by atoms with Crippen LogP contribution in [0, 0.1) is 11.6 Å². The molecule has 84 valence electrons. The Labute approximate surface area is 94.0 Å². The number of aliphatic hydroxyl groups is 1. The van der Waals surface area contributed by atoms with Crippen molar-refractivity contribution >= 4 is 15.9 Å². The molecule has 0 heterocycles. The van der Waals surface area contributed by atoms with Crippen molar-refractivity contribution in [3.63, 3.8) is 0 Å². The van der Waals surface area contributed by atoms with Gasteiger partial charge in [0.25, 0.3) is 0 Å². The Hall–Kier alpha value is -0.720. The van der Waals surface area contributed by atoms with Crippen molar-refractivity contribution in [1.82, 2.24) is 0 Å². The molecule has 0 fully saturated rings. The van der Waals surface area contributed by atoms with E-state index in [-0.39, 0.29) is 23.4 Å². The van der Waals surface area contributed by atoms with Crippen molar-refractivity contribution in [2.75, 3.05) is 13.2 Å². The van der Waals surface area contributed by atoms with Crippen LogP contribution in [0.1, 0.15) is 0 Å². The summed E-state index contributed by atoms with van der Waals surface area (Å²) in [5.74, 6) is -1.67. The van der Waals surface area contributed by atoms with E-state index in [1.807, 2.05) is 0 Å². The van der Waals surface area contributed by atoms with Gasteiger partial charge in [0.05, 0.1) is 4.47 Å². The number of nitrogens with two attached hydrogens (primary N) is 1. The summed E-state index contributed by atoms with van der Waals surface area (Å²) in [7, 11) is 0. The molecule has 3 nitrogen and oxygen atoms in total. The van der Waals surface area contributed by atoms with Crippen LogP contribution >= 0.6 is 15.9 Å². The topological polar surface area (TPSA) is 55.5 Å². The Morgan fingerprint density at radius 2 is 2.13 bits per heavy atom. The predicted octanol–water partition coefficient (Wildman–Crippen LogP) is 1.43. The third-order valence-electron chi connectivity index (χ3n) is 1.66. The van der Waals surface area contributed by atoms with E-state index in [9.17, 15) is 8.78 Å². The van der Waals surface area contributed by atoms with E-state index in [4.69, 9.17) is 15.6 Å². The summed E-state index contributed by atoms with van der Waals surface area (Å²) in [5, 5.41) is 9.09. The summed E-state index contributed by atoms with van der Waals surface area (Å²) in [6, 6.07) is 1.78. The molecule has 6 heteroatoms. The fourth-order valence-corrected chi connectivity index (χ4v) is 1.44. The first-order chi connectivity index (χ1) is 7.04. The fourth-order valence-electron chi connectivity index (χ4n) is 0.914. The Morgan fingerprint density at radius 3 is 2.67 bits per heavy atom. The van der Waals surface area contributed by atoms with Gasteiger partial charge >= 0.3 is 0 Å². The third kappa shape index (κ3) is 3.40. The van der Waals surface area contributed by atoms with E-state index in [0.29, 0.717) is 6.07 Å². The highest BCUT2D eigenvalue weighted by molar-refractivity contribution is 9.10. The quantitative estimate of drug-likeness (QED) is 0.878. The molecule has 1 aromatic carbocycles. The van der Waals surface area contributed by atoms with Crippen molar-refractivity contribution in [3.8, 4) is 5.75 Å². The van der Waals surface area contributed by atoms with Crippen LogP contribution in [0.2, 0.25) is 0 Å². The van der Waals surface area contributed by atoms with Crippen LogP contribution < -0.4 is 10.5 Å². The van der Waals surface area contributed by atoms with Crippen LogP contribution in [0.3, 0.4) is 0 Å². The zero-order valence-corrected chi connectivity index (χ0v) is 9.30. The van der Waals surface area contributed by atoms with Gasteiger partial charge in [-0.2, -0.15) is 0 Å². The maximum absolute atomic E-state index is 13.2. The van der Waals surface area contributed by atoms with Crippen LogP contribution in [-0.2, 0) is 0 Å². The molecule has 0 spiro atoms. The molecule has 1 unspecified atom stereocenters. The monoisotopic (exact) mass is 281 g/mol. The van der Waals surface area contributed by atoms with Gasteiger partial charge in [-0.05, 0) is 22.0 Å². The molecular weight excluding hydrogens is 272 g/mol. The summed E-state index contributed by atoms with van der Waals surface area (Å²) in [6.45, 7) is -0.127. The summed E-state index contributed by atoms with van der Waals surface area (Å²) in [5.41, 5.74) is 5.14. The van der Waals surface area contributed by atoms with E-state index in [2.05, 4.69) is 15.9 Å². The molecule has 0 amide bonds. The highest BCUT2D eigenvalue weighted by Crippen LogP contribution is 2.29. The van der Waals surface area contributed by atoms with Crippen molar-refractivity contribution in [3.05, 3.63) is 28.2 Å². The Balaban J connectivity index is 2.77. The number of ether oxygens (including phenoxy) is 1. The van der Waals surface area contributed by atoms with Crippen molar-refractivity contribution in [1.29, 1.82) is 0 Å². The normalized spacial score (nSPS) is 12.6. The zero-order valence-electron chi connectivity index (χ0n) is 7.71. The molecule has 3 N–H and O–H groups in total. The smallest absolute Gasteiger partial charge is 0.169 e. The standard InChI is InChI=1S/C9H10BrF2NO2/c10-7-1-5(11)2-8(12)9(7)15-4-6(14)3-13/h1-2,6,14H,3-4,13H2. The molecular formula is C9H10BrF2NO2. The first-order valence-corrected chi connectivity index (χ1v) is 4.99. The van der Waals surface area contributed by atoms with E-state index in [0.717, 1.165) is 6.07 Å². The van der Waals surface area contributed by atoms with E-state index >= 15 is 0 Å². The molecule has 0 bridgehead atoms. The molecule has 0 saturated heterocycles. The SMILES string of the molecule is NCC(O)COc1c(F)cc(F)cc1Br. The average molecular weight is 282 g/mol. The van der Waals surface area contributed by atoms with E-state index in [1.54, 1.807) is 0 Å². The lowest BCUT2D eigenvalue weighted by atomic mass is 10.3. The summed E-state index contributed by atoms with van der Waals surface area (Å²) in [6.07, 6.45) is -0.874. The highest BCUT2D eigenvalue weighted by atomic mass is 79.9. The molecule has 1 atom stereocenters. The zero-order chi connectivity index (χ0) is 11.4. The Bertz CT molecular complexity index is 326. The van der Waals surface area contributed by atoms with Crippen LogP contribution in [0.5, 0.6) is 5.75 Å². The summed E-state index contributed by atoms with van der Waals surface area (Å²) >= 11 is 2.95. The van der Waals surface area contributed by atoms with Gasteiger partial charge in [0.1, 0.15) is 18.5 Å².